The first kappa shape index (κ1) is 18.3. The molecule has 2 N–H and O–H groups in total. The maximum Gasteiger partial charge on any atom is 0.229 e. The molecule has 4 rings (SSSR count). The van der Waals surface area contributed by atoms with Crippen LogP contribution < -0.4 is 15.4 Å². The van der Waals surface area contributed by atoms with Crippen molar-refractivity contribution in [2.24, 2.45) is 0 Å². The zero-order chi connectivity index (χ0) is 19.5. The number of benzene rings is 2. The van der Waals surface area contributed by atoms with Crippen LogP contribution in [0.5, 0.6) is 5.75 Å². The number of ether oxygens (including phenoxy) is 1. The molecule has 28 heavy (non-hydrogen) atoms. The molecule has 0 radical (unpaired) electrons. The van der Waals surface area contributed by atoms with Gasteiger partial charge in [0.15, 0.2) is 5.78 Å². The summed E-state index contributed by atoms with van der Waals surface area (Å²) >= 11 is 6.08. The number of halogens is 1. The van der Waals surface area contributed by atoms with Gasteiger partial charge in [0.05, 0.1) is 18.4 Å². The van der Waals surface area contributed by atoms with Crippen molar-refractivity contribution in [2.45, 2.75) is 19.3 Å². The van der Waals surface area contributed by atoms with Crippen LogP contribution in [0.3, 0.4) is 0 Å². The van der Waals surface area contributed by atoms with E-state index in [-0.39, 0.29) is 5.78 Å². The van der Waals surface area contributed by atoms with E-state index in [1.165, 1.54) is 0 Å². The summed E-state index contributed by atoms with van der Waals surface area (Å²) in [4.78, 5) is 21.7. The summed E-state index contributed by atoms with van der Waals surface area (Å²) in [7, 11) is 1.62. The standard InChI is InChI=1S/C21H19ClN4O2/c1-28-16-10-8-14(9-11-16)24-21-25-17-6-3-7-18(27)19(17)20(26-21)23-15-5-2-4-13(22)12-15/h2,4-5,8-12H,3,6-7H2,1H3,(H2,23,24,25,26). The molecule has 0 unspecified atom stereocenters. The predicted octanol–water partition coefficient (Wildman–Crippen LogP) is 5.14. The van der Waals surface area contributed by atoms with Crippen LogP contribution in [0.4, 0.5) is 23.1 Å². The highest BCUT2D eigenvalue weighted by molar-refractivity contribution is 6.30. The molecule has 3 aromatic rings. The zero-order valence-corrected chi connectivity index (χ0v) is 16.1. The molecule has 0 fully saturated rings. The fourth-order valence-corrected chi connectivity index (χ4v) is 3.37. The van der Waals surface area contributed by atoms with Crippen LogP contribution in [-0.2, 0) is 6.42 Å². The topological polar surface area (TPSA) is 76.1 Å². The van der Waals surface area contributed by atoms with Crippen LogP contribution in [0.2, 0.25) is 5.02 Å². The third-order valence-corrected chi connectivity index (χ3v) is 4.75. The van der Waals surface area contributed by atoms with Gasteiger partial charge in [0.2, 0.25) is 5.95 Å². The van der Waals surface area contributed by atoms with Crippen molar-refractivity contribution in [1.29, 1.82) is 0 Å². The molecule has 6 nitrogen and oxygen atoms in total. The van der Waals surface area contributed by atoms with E-state index < -0.39 is 0 Å². The van der Waals surface area contributed by atoms with Crippen LogP contribution in [0.25, 0.3) is 0 Å². The van der Waals surface area contributed by atoms with Gasteiger partial charge in [-0.3, -0.25) is 4.79 Å². The number of hydrogen-bond acceptors (Lipinski definition) is 6. The molecule has 142 valence electrons. The third-order valence-electron chi connectivity index (χ3n) is 4.51. The van der Waals surface area contributed by atoms with Crippen LogP contribution in [0.1, 0.15) is 28.9 Å². The highest BCUT2D eigenvalue weighted by Gasteiger charge is 2.24. The number of carbonyl (C=O) groups excluding carboxylic acids is 1. The van der Waals surface area contributed by atoms with E-state index in [2.05, 4.69) is 20.6 Å². The SMILES string of the molecule is COc1ccc(Nc2nc3c(c(Nc4cccc(Cl)c4)n2)C(=O)CCC3)cc1. The lowest BCUT2D eigenvalue weighted by molar-refractivity contribution is 0.0972. The summed E-state index contributed by atoms with van der Waals surface area (Å²) in [5, 5.41) is 7.04. The third kappa shape index (κ3) is 3.92. The number of ketones is 1. The lowest BCUT2D eigenvalue weighted by Crippen LogP contribution is -2.17. The van der Waals surface area contributed by atoms with Gasteiger partial charge in [-0.2, -0.15) is 4.98 Å². The Kier molecular flexibility index (Phi) is 5.12. The van der Waals surface area contributed by atoms with Gasteiger partial charge in [-0.25, -0.2) is 4.98 Å². The molecule has 0 saturated heterocycles. The average molecular weight is 395 g/mol. The lowest BCUT2D eigenvalue weighted by atomic mass is 9.95. The van der Waals surface area contributed by atoms with Gasteiger partial charge in [-0.1, -0.05) is 17.7 Å². The molecule has 1 aliphatic rings. The maximum absolute atomic E-state index is 12.5. The van der Waals surface area contributed by atoms with Gasteiger partial charge in [-0.15, -0.1) is 0 Å². The Labute approximate surface area is 167 Å². The number of methoxy groups -OCH3 is 1. The summed E-state index contributed by atoms with van der Waals surface area (Å²) in [5.74, 6) is 1.75. The molecule has 1 aromatic heterocycles. The minimum absolute atomic E-state index is 0.0572. The molecule has 0 amide bonds. The van der Waals surface area contributed by atoms with Crippen molar-refractivity contribution in [3.63, 3.8) is 0 Å². The van der Waals surface area contributed by atoms with E-state index in [4.69, 9.17) is 16.3 Å². The second-order valence-corrected chi connectivity index (χ2v) is 6.92. The molecular formula is C21H19ClN4O2. The number of nitrogens with one attached hydrogen (secondary N) is 2. The quantitative estimate of drug-likeness (QED) is 0.623. The van der Waals surface area contributed by atoms with Gasteiger partial charge in [-0.05, 0) is 55.3 Å². The molecule has 0 aliphatic heterocycles. The number of aromatic nitrogens is 2. The molecule has 0 spiro atoms. The second kappa shape index (κ2) is 7.86. The van der Waals surface area contributed by atoms with Crippen molar-refractivity contribution in [3.8, 4) is 5.75 Å². The molecule has 0 atom stereocenters. The maximum atomic E-state index is 12.5. The van der Waals surface area contributed by atoms with Crippen LogP contribution in [0.15, 0.2) is 48.5 Å². The number of carbonyl (C=O) groups is 1. The van der Waals surface area contributed by atoms with Crippen molar-refractivity contribution in [3.05, 3.63) is 64.8 Å². The number of hydrogen-bond donors (Lipinski definition) is 2. The summed E-state index contributed by atoms with van der Waals surface area (Å²) in [6.45, 7) is 0. The minimum atomic E-state index is 0.0572. The van der Waals surface area contributed by atoms with E-state index in [0.717, 1.165) is 35.7 Å². The number of rotatable bonds is 5. The molecule has 1 heterocycles. The van der Waals surface area contributed by atoms with Crippen molar-refractivity contribution in [1.82, 2.24) is 9.97 Å². The Morgan fingerprint density at radius 1 is 1.00 bits per heavy atom. The molecule has 0 saturated carbocycles. The minimum Gasteiger partial charge on any atom is -0.497 e. The first-order valence-electron chi connectivity index (χ1n) is 9.00. The Morgan fingerprint density at radius 3 is 2.57 bits per heavy atom. The number of aryl methyl sites for hydroxylation is 1. The molecule has 7 heteroatoms. The van der Waals surface area contributed by atoms with E-state index in [1.807, 2.05) is 36.4 Å². The lowest BCUT2D eigenvalue weighted by Gasteiger charge is -2.19. The van der Waals surface area contributed by atoms with Gasteiger partial charge >= 0.3 is 0 Å². The van der Waals surface area contributed by atoms with Crippen molar-refractivity contribution in [2.75, 3.05) is 17.7 Å². The summed E-state index contributed by atoms with van der Waals surface area (Å²) in [6.07, 6.45) is 2.04. The van der Waals surface area contributed by atoms with E-state index in [9.17, 15) is 4.79 Å². The Morgan fingerprint density at radius 2 is 1.82 bits per heavy atom. The van der Waals surface area contributed by atoms with E-state index >= 15 is 0 Å². The highest BCUT2D eigenvalue weighted by atomic mass is 35.5. The summed E-state index contributed by atoms with van der Waals surface area (Å²) < 4.78 is 5.18. The fraction of sp³-hybridized carbons (Fsp3) is 0.190. The number of nitrogens with zero attached hydrogens (tertiary/aromatic N) is 2. The van der Waals surface area contributed by atoms with Crippen molar-refractivity contribution >= 4 is 40.5 Å². The highest BCUT2D eigenvalue weighted by Crippen LogP contribution is 2.30. The Hall–Kier alpha value is -3.12. The first-order chi connectivity index (χ1) is 13.6. The van der Waals surface area contributed by atoms with Crippen LogP contribution >= 0.6 is 11.6 Å². The van der Waals surface area contributed by atoms with Gasteiger partial charge in [0.25, 0.3) is 0 Å². The zero-order valence-electron chi connectivity index (χ0n) is 15.3. The fourth-order valence-electron chi connectivity index (χ4n) is 3.18. The predicted molar refractivity (Wildman–Crippen MR) is 110 cm³/mol. The second-order valence-electron chi connectivity index (χ2n) is 6.48. The number of Topliss-reactive ketones (excluding diaryl/α,β-unsaturated/α-hetero) is 1. The Balaban J connectivity index is 1.70. The normalized spacial score (nSPS) is 13.0. The van der Waals surface area contributed by atoms with Gasteiger partial charge in [0.1, 0.15) is 11.6 Å². The van der Waals surface area contributed by atoms with Crippen LogP contribution in [-0.4, -0.2) is 22.9 Å². The monoisotopic (exact) mass is 394 g/mol. The van der Waals surface area contributed by atoms with Gasteiger partial charge in [0, 0.05) is 22.8 Å². The molecule has 1 aliphatic carbocycles. The summed E-state index contributed by atoms with van der Waals surface area (Å²) in [6, 6.07) is 14.8. The van der Waals surface area contributed by atoms with Crippen LogP contribution in [0, 0.1) is 0 Å². The molecular weight excluding hydrogens is 376 g/mol. The van der Waals surface area contributed by atoms with E-state index in [0.29, 0.717) is 28.8 Å². The average Bonchev–Trinajstić information content (AvgIpc) is 2.68. The summed E-state index contributed by atoms with van der Waals surface area (Å²) in [5.41, 5.74) is 2.91. The van der Waals surface area contributed by atoms with Crippen molar-refractivity contribution < 1.29 is 9.53 Å². The smallest absolute Gasteiger partial charge is 0.229 e. The number of fused-ring (bicyclic) bond motifs is 1. The first-order valence-corrected chi connectivity index (χ1v) is 9.38. The number of anilines is 4. The molecule has 0 bridgehead atoms. The largest absolute Gasteiger partial charge is 0.497 e. The van der Waals surface area contributed by atoms with E-state index in [1.54, 1.807) is 19.2 Å². The van der Waals surface area contributed by atoms with Gasteiger partial charge < -0.3 is 15.4 Å². The molecule has 2 aromatic carbocycles. The Bertz CT molecular complexity index is 1020.